The van der Waals surface area contributed by atoms with E-state index < -0.39 is 0 Å². The van der Waals surface area contributed by atoms with Crippen LogP contribution in [0.25, 0.3) is 10.9 Å². The summed E-state index contributed by atoms with van der Waals surface area (Å²) in [7, 11) is 0. The standard InChI is InChI=1S/C10H9BrN2/c1-6-5-12-7(2)8-3-4-9(11)13-10(6)8/h3-5H,1-2H3. The Morgan fingerprint density at radius 3 is 2.77 bits per heavy atom. The highest BCUT2D eigenvalue weighted by Gasteiger charge is 2.02. The lowest BCUT2D eigenvalue weighted by Gasteiger charge is -2.03. The van der Waals surface area contributed by atoms with Gasteiger partial charge in [-0.1, -0.05) is 0 Å². The topological polar surface area (TPSA) is 25.8 Å². The summed E-state index contributed by atoms with van der Waals surface area (Å²) >= 11 is 3.36. The zero-order valence-electron chi connectivity index (χ0n) is 7.50. The number of nitrogens with zero attached hydrogens (tertiary/aromatic N) is 2. The average Bonchev–Trinajstić information content (AvgIpc) is 2.12. The third kappa shape index (κ3) is 1.44. The SMILES string of the molecule is Cc1ncc(C)c2nc(Br)ccc12. The Labute approximate surface area is 85.1 Å². The summed E-state index contributed by atoms with van der Waals surface area (Å²) in [5.41, 5.74) is 3.17. The summed E-state index contributed by atoms with van der Waals surface area (Å²) in [5.74, 6) is 0. The molecule has 2 aromatic heterocycles. The van der Waals surface area contributed by atoms with Crippen molar-refractivity contribution in [3.8, 4) is 0 Å². The lowest BCUT2D eigenvalue weighted by Crippen LogP contribution is -1.90. The number of rotatable bonds is 0. The highest BCUT2D eigenvalue weighted by molar-refractivity contribution is 9.10. The summed E-state index contributed by atoms with van der Waals surface area (Å²) in [4.78, 5) is 8.69. The van der Waals surface area contributed by atoms with Gasteiger partial charge in [0.25, 0.3) is 0 Å². The van der Waals surface area contributed by atoms with Crippen LogP contribution in [0.3, 0.4) is 0 Å². The van der Waals surface area contributed by atoms with Crippen molar-refractivity contribution in [2.45, 2.75) is 13.8 Å². The van der Waals surface area contributed by atoms with Crippen molar-refractivity contribution in [1.82, 2.24) is 9.97 Å². The van der Waals surface area contributed by atoms with Crippen LogP contribution in [-0.4, -0.2) is 9.97 Å². The van der Waals surface area contributed by atoms with Gasteiger partial charge in [-0.15, -0.1) is 0 Å². The number of hydrogen-bond donors (Lipinski definition) is 0. The molecule has 0 N–H and O–H groups in total. The molecule has 0 aliphatic carbocycles. The Hall–Kier alpha value is -0.960. The summed E-state index contributed by atoms with van der Waals surface area (Å²) in [6.07, 6.45) is 1.86. The molecule has 66 valence electrons. The van der Waals surface area contributed by atoms with Gasteiger partial charge in [0.15, 0.2) is 0 Å². The van der Waals surface area contributed by atoms with Crippen LogP contribution < -0.4 is 0 Å². The van der Waals surface area contributed by atoms with Crippen molar-refractivity contribution >= 4 is 26.8 Å². The largest absolute Gasteiger partial charge is 0.261 e. The van der Waals surface area contributed by atoms with Gasteiger partial charge in [0.05, 0.1) is 5.52 Å². The van der Waals surface area contributed by atoms with E-state index in [2.05, 4.69) is 25.9 Å². The molecule has 2 nitrogen and oxygen atoms in total. The molecule has 0 unspecified atom stereocenters. The Morgan fingerprint density at radius 1 is 1.23 bits per heavy atom. The van der Waals surface area contributed by atoms with Crippen molar-refractivity contribution in [3.63, 3.8) is 0 Å². The number of hydrogen-bond acceptors (Lipinski definition) is 2. The molecular formula is C10H9BrN2. The molecule has 0 atom stereocenters. The number of aryl methyl sites for hydroxylation is 2. The lowest BCUT2D eigenvalue weighted by atomic mass is 10.1. The van der Waals surface area contributed by atoms with Crippen molar-refractivity contribution in [2.75, 3.05) is 0 Å². The smallest absolute Gasteiger partial charge is 0.106 e. The summed E-state index contributed by atoms with van der Waals surface area (Å²) in [6, 6.07) is 3.98. The minimum absolute atomic E-state index is 0.869. The van der Waals surface area contributed by atoms with Gasteiger partial charge in [-0.2, -0.15) is 0 Å². The average molecular weight is 237 g/mol. The molecule has 13 heavy (non-hydrogen) atoms. The van der Waals surface area contributed by atoms with Crippen molar-refractivity contribution in [1.29, 1.82) is 0 Å². The van der Waals surface area contributed by atoms with Gasteiger partial charge in [0.2, 0.25) is 0 Å². The maximum absolute atomic E-state index is 4.41. The van der Waals surface area contributed by atoms with E-state index >= 15 is 0 Å². The molecule has 0 spiro atoms. The fraction of sp³-hybridized carbons (Fsp3) is 0.200. The first kappa shape index (κ1) is 8.63. The van der Waals surface area contributed by atoms with E-state index in [4.69, 9.17) is 0 Å². The number of halogens is 1. The summed E-state index contributed by atoms with van der Waals surface area (Å²) in [6.45, 7) is 4.02. The first-order valence-corrected chi connectivity index (χ1v) is 4.86. The first-order chi connectivity index (χ1) is 6.18. The molecule has 0 radical (unpaired) electrons. The molecule has 0 saturated carbocycles. The molecule has 2 heterocycles. The van der Waals surface area contributed by atoms with E-state index in [1.54, 1.807) is 0 Å². The third-order valence-electron chi connectivity index (χ3n) is 2.08. The fourth-order valence-electron chi connectivity index (χ4n) is 1.35. The quantitative estimate of drug-likeness (QED) is 0.658. The van der Waals surface area contributed by atoms with Crippen LogP contribution in [0, 0.1) is 13.8 Å². The molecule has 2 aromatic rings. The highest BCUT2D eigenvalue weighted by atomic mass is 79.9. The Kier molecular flexibility index (Phi) is 2.04. The maximum Gasteiger partial charge on any atom is 0.106 e. The summed E-state index contributed by atoms with van der Waals surface area (Å²) in [5, 5.41) is 1.13. The van der Waals surface area contributed by atoms with E-state index in [0.29, 0.717) is 0 Å². The van der Waals surface area contributed by atoms with Crippen molar-refractivity contribution in [2.24, 2.45) is 0 Å². The van der Waals surface area contributed by atoms with Crippen LogP contribution in [0.15, 0.2) is 22.9 Å². The van der Waals surface area contributed by atoms with Gasteiger partial charge in [0, 0.05) is 17.3 Å². The zero-order valence-corrected chi connectivity index (χ0v) is 9.09. The summed E-state index contributed by atoms with van der Waals surface area (Å²) < 4.78 is 0.869. The fourth-order valence-corrected chi connectivity index (χ4v) is 1.66. The third-order valence-corrected chi connectivity index (χ3v) is 2.52. The molecule has 0 aromatic carbocycles. The van der Waals surface area contributed by atoms with E-state index in [1.165, 1.54) is 0 Å². The van der Waals surface area contributed by atoms with Crippen LogP contribution >= 0.6 is 15.9 Å². The minimum atomic E-state index is 0.869. The Bertz CT molecular complexity index is 466. The van der Waals surface area contributed by atoms with Crippen LogP contribution in [-0.2, 0) is 0 Å². The van der Waals surface area contributed by atoms with Gasteiger partial charge in [-0.3, -0.25) is 4.98 Å². The van der Waals surface area contributed by atoms with Gasteiger partial charge in [-0.25, -0.2) is 4.98 Å². The lowest BCUT2D eigenvalue weighted by molar-refractivity contribution is 1.18. The Morgan fingerprint density at radius 2 is 2.00 bits per heavy atom. The molecule has 2 rings (SSSR count). The maximum atomic E-state index is 4.41. The van der Waals surface area contributed by atoms with Gasteiger partial charge in [-0.05, 0) is 47.5 Å². The van der Waals surface area contributed by atoms with E-state index in [0.717, 1.165) is 26.8 Å². The van der Waals surface area contributed by atoms with Crippen LogP contribution in [0.2, 0.25) is 0 Å². The highest BCUT2D eigenvalue weighted by Crippen LogP contribution is 2.20. The van der Waals surface area contributed by atoms with Crippen LogP contribution in [0.1, 0.15) is 11.3 Å². The second-order valence-electron chi connectivity index (χ2n) is 3.06. The van der Waals surface area contributed by atoms with Gasteiger partial charge in [0.1, 0.15) is 4.60 Å². The predicted molar refractivity (Wildman–Crippen MR) is 56.7 cm³/mol. The number of pyridine rings is 2. The molecular weight excluding hydrogens is 228 g/mol. The molecule has 0 fully saturated rings. The Balaban J connectivity index is 2.92. The van der Waals surface area contributed by atoms with E-state index in [9.17, 15) is 0 Å². The van der Waals surface area contributed by atoms with Crippen molar-refractivity contribution in [3.05, 3.63) is 34.2 Å². The first-order valence-electron chi connectivity index (χ1n) is 4.07. The molecule has 0 aliphatic rings. The minimum Gasteiger partial charge on any atom is -0.261 e. The van der Waals surface area contributed by atoms with Crippen molar-refractivity contribution < 1.29 is 0 Å². The molecule has 0 aliphatic heterocycles. The second-order valence-corrected chi connectivity index (χ2v) is 3.87. The normalized spacial score (nSPS) is 10.7. The van der Waals surface area contributed by atoms with Crippen LogP contribution in [0.5, 0.6) is 0 Å². The number of fused-ring (bicyclic) bond motifs is 1. The molecule has 3 heteroatoms. The predicted octanol–water partition coefficient (Wildman–Crippen LogP) is 3.01. The second kappa shape index (κ2) is 3.07. The monoisotopic (exact) mass is 236 g/mol. The zero-order chi connectivity index (χ0) is 9.42. The van der Waals surface area contributed by atoms with E-state index in [1.807, 2.05) is 32.2 Å². The number of aromatic nitrogens is 2. The van der Waals surface area contributed by atoms with Crippen LogP contribution in [0.4, 0.5) is 0 Å². The molecule has 0 bridgehead atoms. The van der Waals surface area contributed by atoms with Gasteiger partial charge >= 0.3 is 0 Å². The van der Waals surface area contributed by atoms with E-state index in [-0.39, 0.29) is 0 Å². The molecule has 0 saturated heterocycles. The molecule has 0 amide bonds. The van der Waals surface area contributed by atoms with Gasteiger partial charge < -0.3 is 0 Å².